The Balaban J connectivity index is 1.72. The number of sulfonamides is 1. The van der Waals surface area contributed by atoms with Crippen LogP contribution in [-0.2, 0) is 10.0 Å². The smallest absolute Gasteiger partial charge is 0.282 e. The summed E-state index contributed by atoms with van der Waals surface area (Å²) in [5.74, 6) is -2.12. The number of rotatable bonds is 5. The van der Waals surface area contributed by atoms with E-state index < -0.39 is 26.6 Å². The zero-order valence-electron chi connectivity index (χ0n) is 16.9. The van der Waals surface area contributed by atoms with Crippen molar-refractivity contribution in [3.63, 3.8) is 0 Å². The van der Waals surface area contributed by atoms with Crippen molar-refractivity contribution in [2.45, 2.75) is 11.8 Å². The van der Waals surface area contributed by atoms with Crippen molar-refractivity contribution in [2.75, 3.05) is 7.05 Å². The van der Waals surface area contributed by atoms with E-state index in [0.29, 0.717) is 21.8 Å². The van der Waals surface area contributed by atoms with Crippen molar-refractivity contribution in [2.24, 2.45) is 5.10 Å². The fourth-order valence-electron chi connectivity index (χ4n) is 3.17. The van der Waals surface area contributed by atoms with Gasteiger partial charge < -0.3 is 0 Å². The number of halogens is 3. The maximum absolute atomic E-state index is 14.2. The first-order chi connectivity index (χ1) is 15.2. The Morgan fingerprint density at radius 3 is 2.66 bits per heavy atom. The number of pyridine rings is 2. The molecule has 0 saturated carbocycles. The number of benzene rings is 1. The summed E-state index contributed by atoms with van der Waals surface area (Å²) in [5.41, 5.74) is 3.90. The SMILES string of the molecule is Cc1cc(-c2cccnc2)cn2c(C=NN(C)S(=O)(=O)c3c(F)cc(F)cc3Br)cnc12. The van der Waals surface area contributed by atoms with E-state index in [1.54, 1.807) is 23.0 Å². The number of imidazole rings is 1. The van der Waals surface area contributed by atoms with Gasteiger partial charge in [-0.15, -0.1) is 0 Å². The summed E-state index contributed by atoms with van der Waals surface area (Å²) >= 11 is 2.91. The first-order valence-electron chi connectivity index (χ1n) is 9.24. The third-order valence-corrected chi connectivity index (χ3v) is 7.34. The average molecular weight is 520 g/mol. The number of nitrogens with zero attached hydrogens (tertiary/aromatic N) is 5. The lowest BCUT2D eigenvalue weighted by atomic mass is 10.1. The van der Waals surface area contributed by atoms with Crippen LogP contribution in [0, 0.1) is 18.6 Å². The van der Waals surface area contributed by atoms with Crippen LogP contribution < -0.4 is 0 Å². The van der Waals surface area contributed by atoms with Crippen molar-refractivity contribution in [1.82, 2.24) is 18.8 Å². The molecule has 0 atom stereocenters. The molecule has 4 aromatic rings. The van der Waals surface area contributed by atoms with Crippen LogP contribution in [0.15, 0.2) is 69.6 Å². The molecule has 0 N–H and O–H groups in total. The number of aryl methyl sites for hydroxylation is 1. The first-order valence-corrected chi connectivity index (χ1v) is 11.5. The monoisotopic (exact) mass is 519 g/mol. The van der Waals surface area contributed by atoms with E-state index in [0.717, 1.165) is 29.8 Å². The Kier molecular flexibility index (Phi) is 5.78. The molecule has 0 saturated heterocycles. The van der Waals surface area contributed by atoms with Crippen molar-refractivity contribution >= 4 is 37.8 Å². The molecule has 0 aliphatic heterocycles. The topological polar surface area (TPSA) is 79.9 Å². The van der Waals surface area contributed by atoms with E-state index in [2.05, 4.69) is 31.0 Å². The first kappa shape index (κ1) is 22.0. The molecule has 4 rings (SSSR count). The maximum atomic E-state index is 14.2. The Labute approximate surface area is 191 Å². The number of hydrogen-bond acceptors (Lipinski definition) is 5. The van der Waals surface area contributed by atoms with E-state index >= 15 is 0 Å². The largest absolute Gasteiger partial charge is 0.298 e. The molecule has 3 heterocycles. The predicted octanol–water partition coefficient (Wildman–Crippen LogP) is 4.40. The minimum atomic E-state index is -4.37. The molecule has 164 valence electrons. The van der Waals surface area contributed by atoms with Crippen LogP contribution in [0.25, 0.3) is 16.8 Å². The molecule has 0 bridgehead atoms. The molecule has 0 aliphatic carbocycles. The number of aromatic nitrogens is 3. The van der Waals surface area contributed by atoms with E-state index in [1.165, 1.54) is 6.21 Å². The highest BCUT2D eigenvalue weighted by Gasteiger charge is 2.27. The van der Waals surface area contributed by atoms with Gasteiger partial charge in [-0.25, -0.2) is 13.8 Å². The number of hydrogen-bond donors (Lipinski definition) is 0. The van der Waals surface area contributed by atoms with Gasteiger partial charge in [0.2, 0.25) is 0 Å². The zero-order valence-corrected chi connectivity index (χ0v) is 19.3. The molecule has 0 radical (unpaired) electrons. The molecule has 1 aromatic carbocycles. The molecule has 7 nitrogen and oxygen atoms in total. The summed E-state index contributed by atoms with van der Waals surface area (Å²) in [6.45, 7) is 1.91. The van der Waals surface area contributed by atoms with Gasteiger partial charge in [0.25, 0.3) is 10.0 Å². The second-order valence-corrected chi connectivity index (χ2v) is 9.65. The van der Waals surface area contributed by atoms with E-state index in [9.17, 15) is 17.2 Å². The van der Waals surface area contributed by atoms with Crippen LogP contribution in [0.1, 0.15) is 11.3 Å². The Morgan fingerprint density at radius 2 is 1.97 bits per heavy atom. The fraction of sp³-hybridized carbons (Fsp3) is 0.0952. The van der Waals surface area contributed by atoms with Gasteiger partial charge >= 0.3 is 0 Å². The van der Waals surface area contributed by atoms with E-state index in [1.807, 2.05) is 31.3 Å². The lowest BCUT2D eigenvalue weighted by Crippen LogP contribution is -2.23. The van der Waals surface area contributed by atoms with Gasteiger partial charge in [-0.1, -0.05) is 6.07 Å². The molecule has 0 unspecified atom stereocenters. The van der Waals surface area contributed by atoms with Crippen LogP contribution in [0.2, 0.25) is 0 Å². The number of hydrazone groups is 1. The highest BCUT2D eigenvalue weighted by atomic mass is 79.9. The zero-order chi connectivity index (χ0) is 23.0. The van der Waals surface area contributed by atoms with Gasteiger partial charge in [0.15, 0.2) is 0 Å². The van der Waals surface area contributed by atoms with Gasteiger partial charge in [0.1, 0.15) is 22.2 Å². The van der Waals surface area contributed by atoms with Gasteiger partial charge in [0, 0.05) is 47.3 Å². The van der Waals surface area contributed by atoms with Gasteiger partial charge in [-0.2, -0.15) is 17.9 Å². The Hall–Kier alpha value is -3.18. The third kappa shape index (κ3) is 4.00. The van der Waals surface area contributed by atoms with E-state index in [-0.39, 0.29) is 4.47 Å². The molecule has 3 aromatic heterocycles. The molecular weight excluding hydrogens is 504 g/mol. The van der Waals surface area contributed by atoms with Gasteiger partial charge in [-0.05, 0) is 46.6 Å². The summed E-state index contributed by atoms with van der Waals surface area (Å²) in [4.78, 5) is 7.80. The molecule has 32 heavy (non-hydrogen) atoms. The molecule has 11 heteroatoms. The summed E-state index contributed by atoms with van der Waals surface area (Å²) in [6.07, 6.45) is 8.12. The standard InChI is InChI=1S/C21H16BrF2N5O2S/c1-13-6-15(14-4-3-5-25-9-14)12-29-17(10-26-21(13)29)11-27-28(2)32(30,31)20-18(22)7-16(23)8-19(20)24/h3-12H,1-2H3. The summed E-state index contributed by atoms with van der Waals surface area (Å²) in [6, 6.07) is 7.11. The van der Waals surface area contributed by atoms with Crippen LogP contribution in [0.5, 0.6) is 0 Å². The summed E-state index contributed by atoms with van der Waals surface area (Å²) in [7, 11) is -3.21. The fourth-order valence-corrected chi connectivity index (χ4v) is 5.24. The second-order valence-electron chi connectivity index (χ2n) is 6.91. The average Bonchev–Trinajstić information content (AvgIpc) is 3.15. The second kappa shape index (κ2) is 8.40. The van der Waals surface area contributed by atoms with Crippen molar-refractivity contribution < 1.29 is 17.2 Å². The van der Waals surface area contributed by atoms with Crippen LogP contribution >= 0.6 is 15.9 Å². The minimum absolute atomic E-state index is 0.233. The van der Waals surface area contributed by atoms with E-state index in [4.69, 9.17) is 0 Å². The highest BCUT2D eigenvalue weighted by Crippen LogP contribution is 2.28. The van der Waals surface area contributed by atoms with Gasteiger partial charge in [-0.3, -0.25) is 9.38 Å². The third-order valence-electron chi connectivity index (χ3n) is 4.73. The minimum Gasteiger partial charge on any atom is -0.298 e. The summed E-state index contributed by atoms with van der Waals surface area (Å²) < 4.78 is 55.3. The summed E-state index contributed by atoms with van der Waals surface area (Å²) in [5, 5.41) is 3.97. The quantitative estimate of drug-likeness (QED) is 0.289. The molecule has 0 aliphatic rings. The number of fused-ring (bicyclic) bond motifs is 1. The maximum Gasteiger partial charge on any atom is 0.282 e. The molecule has 0 fully saturated rings. The highest BCUT2D eigenvalue weighted by molar-refractivity contribution is 9.10. The predicted molar refractivity (Wildman–Crippen MR) is 120 cm³/mol. The van der Waals surface area contributed by atoms with Gasteiger partial charge in [0.05, 0.1) is 18.1 Å². The Bertz CT molecular complexity index is 1430. The van der Waals surface area contributed by atoms with Crippen LogP contribution in [-0.4, -0.2) is 40.5 Å². The van der Waals surface area contributed by atoms with Crippen molar-refractivity contribution in [3.05, 3.63) is 82.5 Å². The lowest BCUT2D eigenvalue weighted by Gasteiger charge is -2.15. The molecule has 0 spiro atoms. The Morgan fingerprint density at radius 1 is 1.19 bits per heavy atom. The lowest BCUT2D eigenvalue weighted by molar-refractivity contribution is 0.478. The normalized spacial score (nSPS) is 12.0. The van der Waals surface area contributed by atoms with Crippen LogP contribution in [0.3, 0.4) is 0 Å². The van der Waals surface area contributed by atoms with Crippen molar-refractivity contribution in [1.29, 1.82) is 0 Å². The van der Waals surface area contributed by atoms with Crippen molar-refractivity contribution in [3.8, 4) is 11.1 Å². The molecule has 0 amide bonds. The molecular formula is C21H16BrF2N5O2S. The van der Waals surface area contributed by atoms with Crippen LogP contribution in [0.4, 0.5) is 8.78 Å².